The van der Waals surface area contributed by atoms with E-state index in [-0.39, 0.29) is 18.5 Å². The molecule has 2 aromatic rings. The molecule has 1 aliphatic carbocycles. The maximum Gasteiger partial charge on any atom is 0.336 e. The molecule has 0 spiro atoms. The molecule has 4 rings (SSSR count). The highest BCUT2D eigenvalue weighted by Gasteiger charge is 2.49. The normalized spacial score (nSPS) is 22.8. The first kappa shape index (κ1) is 19.4. The predicted octanol–water partition coefficient (Wildman–Crippen LogP) is 3.22. The van der Waals surface area contributed by atoms with Gasteiger partial charge in [0.05, 0.1) is 6.54 Å². The van der Waals surface area contributed by atoms with Gasteiger partial charge in [-0.1, -0.05) is 38.8 Å². The van der Waals surface area contributed by atoms with Gasteiger partial charge >= 0.3 is 23.5 Å². The minimum absolute atomic E-state index is 0.130. The summed E-state index contributed by atoms with van der Waals surface area (Å²) in [5.41, 5.74) is 1.37. The minimum atomic E-state index is -0.834. The third kappa shape index (κ3) is 3.34. The van der Waals surface area contributed by atoms with Crippen LogP contribution in [0.3, 0.4) is 0 Å². The monoisotopic (exact) mass is 396 g/mol. The summed E-state index contributed by atoms with van der Waals surface area (Å²) in [5, 5.41) is 0.652. The molecule has 2 heterocycles. The van der Waals surface area contributed by atoms with Crippen LogP contribution in [0.1, 0.15) is 50.7 Å². The van der Waals surface area contributed by atoms with Crippen LogP contribution in [0.2, 0.25) is 0 Å². The van der Waals surface area contributed by atoms with E-state index in [1.54, 1.807) is 6.07 Å². The average Bonchev–Trinajstić information content (AvgIpc) is 2.91. The van der Waals surface area contributed by atoms with E-state index in [4.69, 9.17) is 4.42 Å². The summed E-state index contributed by atoms with van der Waals surface area (Å²) in [6.07, 6.45) is 4.44. The Labute approximate surface area is 168 Å². The number of rotatable bonds is 4. The van der Waals surface area contributed by atoms with Crippen LogP contribution < -0.4 is 5.63 Å². The zero-order chi connectivity index (χ0) is 20.7. The van der Waals surface area contributed by atoms with Crippen LogP contribution in [0.15, 0.2) is 33.5 Å². The molecule has 1 saturated carbocycles. The molecule has 1 aromatic carbocycles. The van der Waals surface area contributed by atoms with Gasteiger partial charge in [0, 0.05) is 17.5 Å². The summed E-state index contributed by atoms with van der Waals surface area (Å²) in [4.78, 5) is 52.3. The van der Waals surface area contributed by atoms with Crippen molar-refractivity contribution in [1.82, 2.24) is 9.80 Å². The first-order chi connectivity index (χ1) is 13.9. The fourth-order valence-corrected chi connectivity index (χ4v) is 4.43. The van der Waals surface area contributed by atoms with Crippen LogP contribution in [0.4, 0.5) is 4.79 Å². The molecule has 0 unspecified atom stereocenters. The van der Waals surface area contributed by atoms with Gasteiger partial charge in [-0.2, -0.15) is 0 Å². The summed E-state index contributed by atoms with van der Waals surface area (Å²) in [6.45, 7) is 3.88. The third-order valence-corrected chi connectivity index (χ3v) is 6.11. The Balaban J connectivity index is 1.67. The largest absolute Gasteiger partial charge is 0.423 e. The molecule has 2 fully saturated rings. The van der Waals surface area contributed by atoms with E-state index in [1.807, 2.05) is 26.0 Å². The van der Waals surface area contributed by atoms with Crippen molar-refractivity contribution in [3.05, 3.63) is 45.8 Å². The van der Waals surface area contributed by atoms with Crippen LogP contribution in [0.5, 0.6) is 0 Å². The van der Waals surface area contributed by atoms with Crippen molar-refractivity contribution in [2.45, 2.75) is 58.5 Å². The van der Waals surface area contributed by atoms with E-state index in [2.05, 4.69) is 0 Å². The molecule has 1 aromatic heterocycles. The lowest BCUT2D eigenvalue weighted by molar-refractivity contribution is -0.144. The lowest BCUT2D eigenvalue weighted by Crippen LogP contribution is -2.46. The standard InChI is InChI=1S/C22H24N2O5/c1-3-14-8-9-16-15(11-19(25)29-18(16)10-14)12-23-20(26)21(27)24(22(23)28)17-7-5-4-6-13(17)2/h8-11,13,17H,3-7,12H2,1-2H3/t13-,17-/m1/s1. The van der Waals surface area contributed by atoms with Crippen molar-refractivity contribution in [2.24, 2.45) is 5.92 Å². The molecule has 4 amide bonds. The molecule has 7 nitrogen and oxygen atoms in total. The number of imide groups is 2. The highest BCUT2D eigenvalue weighted by Crippen LogP contribution is 2.32. The van der Waals surface area contributed by atoms with Gasteiger partial charge in [0.2, 0.25) is 0 Å². The number of aryl methyl sites for hydroxylation is 1. The van der Waals surface area contributed by atoms with Crippen LogP contribution in [0.25, 0.3) is 11.0 Å². The van der Waals surface area contributed by atoms with E-state index in [0.29, 0.717) is 16.5 Å². The molecule has 29 heavy (non-hydrogen) atoms. The number of nitrogens with zero attached hydrogens (tertiary/aromatic N) is 2. The number of urea groups is 1. The van der Waals surface area contributed by atoms with E-state index < -0.39 is 23.5 Å². The van der Waals surface area contributed by atoms with Crippen molar-refractivity contribution in [3.8, 4) is 0 Å². The lowest BCUT2D eigenvalue weighted by atomic mass is 9.85. The third-order valence-electron chi connectivity index (χ3n) is 6.11. The van der Waals surface area contributed by atoms with Gasteiger partial charge in [0.1, 0.15) is 5.58 Å². The Morgan fingerprint density at radius 2 is 1.79 bits per heavy atom. The molecule has 2 aliphatic rings. The highest BCUT2D eigenvalue weighted by molar-refractivity contribution is 6.44. The number of carbonyl (C=O) groups is 3. The Morgan fingerprint density at radius 3 is 2.52 bits per heavy atom. The van der Waals surface area contributed by atoms with E-state index in [0.717, 1.165) is 47.5 Å². The molecule has 0 N–H and O–H groups in total. The molecule has 1 saturated heterocycles. The Kier molecular flexibility index (Phi) is 4.98. The summed E-state index contributed by atoms with van der Waals surface area (Å²) >= 11 is 0. The van der Waals surface area contributed by atoms with Gasteiger partial charge in [-0.25, -0.2) is 9.59 Å². The van der Waals surface area contributed by atoms with Gasteiger partial charge in [0.25, 0.3) is 0 Å². The zero-order valence-electron chi connectivity index (χ0n) is 16.6. The summed E-state index contributed by atoms with van der Waals surface area (Å²) in [5.74, 6) is -1.44. The molecule has 0 bridgehead atoms. The molecular weight excluding hydrogens is 372 g/mol. The van der Waals surface area contributed by atoms with Crippen molar-refractivity contribution in [2.75, 3.05) is 0 Å². The molecule has 152 valence electrons. The summed E-state index contributed by atoms with van der Waals surface area (Å²) < 4.78 is 5.29. The Bertz CT molecular complexity index is 1060. The van der Waals surface area contributed by atoms with Gasteiger partial charge < -0.3 is 4.42 Å². The van der Waals surface area contributed by atoms with Crippen molar-refractivity contribution >= 4 is 28.8 Å². The van der Waals surface area contributed by atoms with Crippen LogP contribution >= 0.6 is 0 Å². The van der Waals surface area contributed by atoms with Gasteiger partial charge in [-0.15, -0.1) is 0 Å². The van der Waals surface area contributed by atoms with Gasteiger partial charge in [0.15, 0.2) is 0 Å². The Morgan fingerprint density at radius 1 is 1.03 bits per heavy atom. The average molecular weight is 396 g/mol. The van der Waals surface area contributed by atoms with Crippen molar-refractivity contribution < 1.29 is 18.8 Å². The first-order valence-corrected chi connectivity index (χ1v) is 10.2. The maximum atomic E-state index is 13.0. The SMILES string of the molecule is CCc1ccc2c(CN3C(=O)C(=O)N([C@@H]4CCCC[C@H]4C)C3=O)cc(=O)oc2c1. The lowest BCUT2D eigenvalue weighted by Gasteiger charge is -2.34. The maximum absolute atomic E-state index is 13.0. The number of hydrogen-bond donors (Lipinski definition) is 0. The molecular formula is C22H24N2O5. The highest BCUT2D eigenvalue weighted by atomic mass is 16.4. The summed E-state index contributed by atoms with van der Waals surface area (Å²) in [7, 11) is 0. The number of fused-ring (bicyclic) bond motifs is 1. The van der Waals surface area contributed by atoms with E-state index >= 15 is 0 Å². The summed E-state index contributed by atoms with van der Waals surface area (Å²) in [6, 6.07) is 5.97. The fourth-order valence-electron chi connectivity index (χ4n) is 4.43. The molecule has 2 atom stereocenters. The Hall–Kier alpha value is -2.96. The van der Waals surface area contributed by atoms with Crippen LogP contribution in [-0.2, 0) is 22.6 Å². The predicted molar refractivity (Wildman–Crippen MR) is 106 cm³/mol. The van der Waals surface area contributed by atoms with Gasteiger partial charge in [-0.05, 0) is 42.4 Å². The quantitative estimate of drug-likeness (QED) is 0.450. The topological polar surface area (TPSA) is 87.9 Å². The van der Waals surface area contributed by atoms with Crippen molar-refractivity contribution in [3.63, 3.8) is 0 Å². The smallest absolute Gasteiger partial charge is 0.336 e. The molecule has 1 aliphatic heterocycles. The van der Waals surface area contributed by atoms with Crippen LogP contribution in [0, 0.1) is 5.92 Å². The number of carbonyl (C=O) groups excluding carboxylic acids is 3. The van der Waals surface area contributed by atoms with E-state index in [1.165, 1.54) is 6.07 Å². The second-order valence-electron chi connectivity index (χ2n) is 7.95. The van der Waals surface area contributed by atoms with Gasteiger partial charge in [-0.3, -0.25) is 19.4 Å². The minimum Gasteiger partial charge on any atom is -0.423 e. The van der Waals surface area contributed by atoms with E-state index in [9.17, 15) is 19.2 Å². The molecule has 7 heteroatoms. The molecule has 0 radical (unpaired) electrons. The number of benzene rings is 1. The van der Waals surface area contributed by atoms with Crippen molar-refractivity contribution in [1.29, 1.82) is 0 Å². The second-order valence-corrected chi connectivity index (χ2v) is 7.95. The zero-order valence-corrected chi connectivity index (χ0v) is 16.6. The van der Waals surface area contributed by atoms with Crippen LogP contribution in [-0.4, -0.2) is 33.7 Å². The number of amides is 4. The fraction of sp³-hybridized carbons (Fsp3) is 0.455. The number of hydrogen-bond acceptors (Lipinski definition) is 5. The second kappa shape index (κ2) is 7.46. The first-order valence-electron chi connectivity index (χ1n) is 10.2.